The number of carbonyl (C=O) groups is 2. The highest BCUT2D eigenvalue weighted by Gasteiger charge is 2.15. The van der Waals surface area contributed by atoms with Crippen molar-refractivity contribution in [1.29, 1.82) is 0 Å². The molecule has 1 heterocycles. The van der Waals surface area contributed by atoms with E-state index in [0.29, 0.717) is 40.3 Å². The van der Waals surface area contributed by atoms with Crippen molar-refractivity contribution in [2.75, 3.05) is 25.3 Å². The number of nitro benzene ring substituents is 1. The molecule has 0 aliphatic heterocycles. The van der Waals surface area contributed by atoms with E-state index < -0.39 is 4.92 Å². The summed E-state index contributed by atoms with van der Waals surface area (Å²) in [5, 5.41) is 25.3. The average molecular weight is 541 g/mol. The fourth-order valence-corrected chi connectivity index (χ4v) is 4.27. The maximum atomic E-state index is 12.4. The van der Waals surface area contributed by atoms with Crippen molar-refractivity contribution in [2.24, 2.45) is 0 Å². The van der Waals surface area contributed by atoms with Crippen LogP contribution in [0.15, 0.2) is 47.6 Å². The summed E-state index contributed by atoms with van der Waals surface area (Å²) in [4.78, 5) is 35.2. The van der Waals surface area contributed by atoms with Gasteiger partial charge in [-0.05, 0) is 49.2 Å². The topological polar surface area (TPSA) is 151 Å². The first kappa shape index (κ1) is 28.2. The normalized spacial score (nSPS) is 10.8. The molecule has 0 fully saturated rings. The number of ether oxygens (including phenoxy) is 2. The number of carbonyl (C=O) groups excluding carboxylic acids is 2. The first-order valence-electron chi connectivity index (χ1n) is 11.5. The van der Waals surface area contributed by atoms with E-state index in [1.54, 1.807) is 45.4 Å². The Morgan fingerprint density at radius 3 is 2.55 bits per heavy atom. The predicted octanol–water partition coefficient (Wildman–Crippen LogP) is 3.59. The lowest BCUT2D eigenvalue weighted by Gasteiger charge is -2.09. The molecule has 0 radical (unpaired) electrons. The molecule has 3 rings (SSSR count). The van der Waals surface area contributed by atoms with Gasteiger partial charge in [0.1, 0.15) is 0 Å². The van der Waals surface area contributed by atoms with Gasteiger partial charge < -0.3 is 24.7 Å². The van der Waals surface area contributed by atoms with Crippen LogP contribution in [-0.2, 0) is 22.7 Å². The van der Waals surface area contributed by atoms with E-state index in [-0.39, 0.29) is 29.8 Å². The van der Waals surface area contributed by atoms with E-state index in [2.05, 4.69) is 20.8 Å². The molecular formula is C25H28N6O6S. The highest BCUT2D eigenvalue weighted by molar-refractivity contribution is 7.99. The van der Waals surface area contributed by atoms with Gasteiger partial charge in [0.15, 0.2) is 22.5 Å². The van der Waals surface area contributed by atoms with Crippen LogP contribution in [0.2, 0.25) is 0 Å². The van der Waals surface area contributed by atoms with Crippen LogP contribution in [0.25, 0.3) is 6.08 Å². The number of nitrogens with zero attached hydrogens (tertiary/aromatic N) is 4. The third kappa shape index (κ3) is 7.32. The van der Waals surface area contributed by atoms with Crippen LogP contribution in [0.4, 0.5) is 11.4 Å². The van der Waals surface area contributed by atoms with Crippen LogP contribution in [0.1, 0.15) is 23.9 Å². The Kier molecular flexibility index (Phi) is 9.82. The van der Waals surface area contributed by atoms with Crippen molar-refractivity contribution in [1.82, 2.24) is 20.1 Å². The summed E-state index contributed by atoms with van der Waals surface area (Å²) in [5.41, 5.74) is 1.83. The second-order valence-corrected chi connectivity index (χ2v) is 8.84. The van der Waals surface area contributed by atoms with Crippen molar-refractivity contribution in [3.05, 3.63) is 69.5 Å². The molecule has 2 amide bonds. The van der Waals surface area contributed by atoms with Crippen LogP contribution >= 0.6 is 11.8 Å². The molecule has 0 unspecified atom stereocenters. The Bertz CT molecular complexity index is 1360. The first-order chi connectivity index (χ1) is 18.2. The van der Waals surface area contributed by atoms with Crippen molar-refractivity contribution < 1.29 is 24.0 Å². The zero-order valence-electron chi connectivity index (χ0n) is 21.4. The van der Waals surface area contributed by atoms with E-state index in [1.807, 2.05) is 11.5 Å². The van der Waals surface area contributed by atoms with Crippen LogP contribution in [0.5, 0.6) is 11.5 Å². The molecule has 0 aliphatic carbocycles. The van der Waals surface area contributed by atoms with E-state index in [9.17, 15) is 19.7 Å². The Morgan fingerprint density at radius 2 is 1.89 bits per heavy atom. The summed E-state index contributed by atoms with van der Waals surface area (Å²) in [5.74, 6) is 1.18. The first-order valence-corrected chi connectivity index (χ1v) is 12.5. The molecule has 12 nitrogen and oxygen atoms in total. The minimum atomic E-state index is -0.485. The Balaban J connectivity index is 1.54. The number of methoxy groups -OCH3 is 2. The highest BCUT2D eigenvalue weighted by Crippen LogP contribution is 2.28. The number of amides is 2. The smallest absolute Gasteiger partial charge is 0.269 e. The molecule has 200 valence electrons. The number of hydrogen-bond acceptors (Lipinski definition) is 9. The molecule has 0 aliphatic rings. The lowest BCUT2D eigenvalue weighted by atomic mass is 10.2. The van der Waals surface area contributed by atoms with Crippen LogP contribution in [0.3, 0.4) is 0 Å². The molecular weight excluding hydrogens is 512 g/mol. The summed E-state index contributed by atoms with van der Waals surface area (Å²) < 4.78 is 12.3. The quantitative estimate of drug-likeness (QED) is 0.152. The molecule has 13 heteroatoms. The zero-order chi connectivity index (χ0) is 27.7. The third-order valence-corrected chi connectivity index (χ3v) is 6.36. The van der Waals surface area contributed by atoms with Gasteiger partial charge in [-0.1, -0.05) is 17.8 Å². The van der Waals surface area contributed by atoms with Gasteiger partial charge >= 0.3 is 0 Å². The summed E-state index contributed by atoms with van der Waals surface area (Å²) >= 11 is 1.20. The van der Waals surface area contributed by atoms with Crippen LogP contribution in [-0.4, -0.2) is 51.5 Å². The van der Waals surface area contributed by atoms with Crippen LogP contribution < -0.4 is 20.1 Å². The minimum absolute atomic E-state index is 0.0398. The third-order valence-electron chi connectivity index (χ3n) is 5.39. The molecule has 3 aromatic rings. The lowest BCUT2D eigenvalue weighted by molar-refractivity contribution is -0.384. The maximum Gasteiger partial charge on any atom is 0.269 e. The summed E-state index contributed by atoms with van der Waals surface area (Å²) in [7, 11) is 3.10. The van der Waals surface area contributed by atoms with Gasteiger partial charge in [0.2, 0.25) is 11.8 Å². The van der Waals surface area contributed by atoms with Gasteiger partial charge in [-0.3, -0.25) is 19.7 Å². The number of thioether (sulfide) groups is 1. The van der Waals surface area contributed by atoms with Crippen LogP contribution in [0, 0.1) is 17.0 Å². The fraction of sp³-hybridized carbons (Fsp3) is 0.280. The molecule has 1 aromatic heterocycles. The molecule has 0 saturated heterocycles. The van der Waals surface area contributed by atoms with Crippen molar-refractivity contribution >= 4 is 41.0 Å². The van der Waals surface area contributed by atoms with Crippen molar-refractivity contribution in [3.8, 4) is 11.5 Å². The molecule has 0 bridgehead atoms. The maximum absolute atomic E-state index is 12.4. The van der Waals surface area contributed by atoms with Crippen molar-refractivity contribution in [2.45, 2.75) is 32.1 Å². The van der Waals surface area contributed by atoms with Gasteiger partial charge in [0.05, 0.1) is 31.4 Å². The molecule has 0 saturated carbocycles. The molecule has 0 spiro atoms. The number of rotatable bonds is 12. The molecule has 2 aromatic carbocycles. The highest BCUT2D eigenvalue weighted by atomic mass is 32.2. The van der Waals surface area contributed by atoms with Gasteiger partial charge in [-0.2, -0.15) is 0 Å². The Labute approximate surface area is 223 Å². The largest absolute Gasteiger partial charge is 0.493 e. The average Bonchev–Trinajstić information content (AvgIpc) is 3.31. The second-order valence-electron chi connectivity index (χ2n) is 7.90. The van der Waals surface area contributed by atoms with Crippen molar-refractivity contribution in [3.63, 3.8) is 0 Å². The monoisotopic (exact) mass is 540 g/mol. The number of aryl methyl sites for hydroxylation is 1. The molecule has 38 heavy (non-hydrogen) atoms. The molecule has 2 N–H and O–H groups in total. The second kappa shape index (κ2) is 13.2. The predicted molar refractivity (Wildman–Crippen MR) is 143 cm³/mol. The molecule has 0 atom stereocenters. The van der Waals surface area contributed by atoms with Gasteiger partial charge in [-0.15, -0.1) is 10.2 Å². The SMILES string of the molecule is CCn1c(CNC(=O)/C=C/c2ccc(OC)c(OC)c2)nnc1SCC(=O)Nc1ccc([N+](=O)[O-])cc1C. The number of nitrogens with one attached hydrogen (secondary N) is 2. The Hall–Kier alpha value is -4.39. The van der Waals surface area contributed by atoms with Gasteiger partial charge in [0, 0.05) is 30.4 Å². The Morgan fingerprint density at radius 1 is 1.13 bits per heavy atom. The number of non-ortho nitro benzene ring substituents is 1. The zero-order valence-corrected chi connectivity index (χ0v) is 22.2. The number of hydrogen-bond donors (Lipinski definition) is 2. The van der Waals surface area contributed by atoms with E-state index in [0.717, 1.165) is 5.56 Å². The summed E-state index contributed by atoms with van der Waals surface area (Å²) in [6.45, 7) is 4.30. The minimum Gasteiger partial charge on any atom is -0.493 e. The standard InChI is InChI=1S/C25H28N6O6S/c1-5-30-22(14-26-23(32)11-7-17-6-10-20(36-3)21(13-17)37-4)28-29-25(30)38-15-24(33)27-19-9-8-18(31(34)35)12-16(19)2/h6-13H,5,14-15H2,1-4H3,(H,26,32)(H,27,33)/b11-7+. The lowest BCUT2D eigenvalue weighted by Crippen LogP contribution is -2.22. The fourth-order valence-electron chi connectivity index (χ4n) is 3.45. The van der Waals surface area contributed by atoms with E-state index >= 15 is 0 Å². The number of benzene rings is 2. The number of aromatic nitrogens is 3. The number of anilines is 1. The van der Waals surface area contributed by atoms with E-state index in [4.69, 9.17) is 9.47 Å². The number of nitro groups is 1. The van der Waals surface area contributed by atoms with E-state index in [1.165, 1.54) is 36.0 Å². The summed E-state index contributed by atoms with van der Waals surface area (Å²) in [6, 6.07) is 9.57. The summed E-state index contributed by atoms with van der Waals surface area (Å²) in [6.07, 6.45) is 3.07. The van der Waals surface area contributed by atoms with Gasteiger partial charge in [-0.25, -0.2) is 0 Å². The van der Waals surface area contributed by atoms with Gasteiger partial charge in [0.25, 0.3) is 5.69 Å².